The highest BCUT2D eigenvalue weighted by molar-refractivity contribution is 6.33. The van der Waals surface area contributed by atoms with Gasteiger partial charge in [-0.25, -0.2) is 0 Å². The highest BCUT2D eigenvalue weighted by Crippen LogP contribution is 2.58. The normalized spacial score (nSPS) is 14.4. The number of fused-ring (bicyclic) bond motifs is 14. The summed E-state index contributed by atoms with van der Waals surface area (Å²) in [4.78, 5) is 0. The molecule has 7 aromatic carbocycles. The second-order valence-corrected chi connectivity index (χ2v) is 12.0. The Bertz CT molecular complexity index is 2130. The SMILES string of the molecule is ClC1=C(CCC2c3c(c4ccccc4c4ccccc34)-c3c2c2ccccc2c2ccccc32)c2ccccc2C1. The lowest BCUT2D eigenvalue weighted by Crippen LogP contribution is -2.00. The average molecular weight is 543 g/mol. The van der Waals surface area contributed by atoms with Gasteiger partial charge in [-0.2, -0.15) is 0 Å². The second kappa shape index (κ2) is 8.80. The van der Waals surface area contributed by atoms with Crippen LogP contribution in [0.25, 0.3) is 59.8 Å². The summed E-state index contributed by atoms with van der Waals surface area (Å²) in [6, 6.07) is 44.9. The Morgan fingerprint density at radius 3 is 1.44 bits per heavy atom. The molecule has 0 heterocycles. The Hall–Kier alpha value is -4.39. The molecule has 0 bridgehead atoms. The maximum Gasteiger partial charge on any atom is 0.0263 e. The predicted molar refractivity (Wildman–Crippen MR) is 176 cm³/mol. The summed E-state index contributed by atoms with van der Waals surface area (Å²) in [5, 5.41) is 11.8. The fourth-order valence-corrected chi connectivity index (χ4v) is 8.32. The van der Waals surface area contributed by atoms with Crippen molar-refractivity contribution in [1.82, 2.24) is 0 Å². The molecule has 0 aliphatic heterocycles. The molecule has 0 aromatic heterocycles. The van der Waals surface area contributed by atoms with Crippen LogP contribution in [0.15, 0.2) is 126 Å². The van der Waals surface area contributed by atoms with E-state index < -0.39 is 0 Å². The first-order valence-electron chi connectivity index (χ1n) is 14.6. The van der Waals surface area contributed by atoms with Gasteiger partial charge in [0.05, 0.1) is 0 Å². The van der Waals surface area contributed by atoms with Gasteiger partial charge in [0.15, 0.2) is 0 Å². The Balaban J connectivity index is 1.39. The van der Waals surface area contributed by atoms with Crippen molar-refractivity contribution in [3.05, 3.63) is 149 Å². The van der Waals surface area contributed by atoms with Gasteiger partial charge >= 0.3 is 0 Å². The quantitative estimate of drug-likeness (QED) is 0.195. The third-order valence-corrected chi connectivity index (χ3v) is 9.95. The van der Waals surface area contributed by atoms with Crippen LogP contribution >= 0.6 is 11.6 Å². The smallest absolute Gasteiger partial charge is 0.0263 e. The zero-order valence-corrected chi connectivity index (χ0v) is 23.4. The highest BCUT2D eigenvalue weighted by atomic mass is 35.5. The summed E-state index contributed by atoms with van der Waals surface area (Å²) in [5.74, 6) is 0.272. The van der Waals surface area contributed by atoms with Gasteiger partial charge in [-0.1, -0.05) is 133 Å². The van der Waals surface area contributed by atoms with Crippen LogP contribution in [0.3, 0.4) is 0 Å². The minimum atomic E-state index is 0.272. The molecular weight excluding hydrogens is 516 g/mol. The summed E-state index contributed by atoms with van der Waals surface area (Å²) >= 11 is 6.96. The first-order chi connectivity index (χ1) is 20.3. The van der Waals surface area contributed by atoms with Crippen LogP contribution in [-0.4, -0.2) is 0 Å². The molecule has 194 valence electrons. The Labute approximate surface area is 244 Å². The molecule has 41 heavy (non-hydrogen) atoms. The van der Waals surface area contributed by atoms with Gasteiger partial charge in [0.1, 0.15) is 0 Å². The van der Waals surface area contributed by atoms with Gasteiger partial charge in [0.2, 0.25) is 0 Å². The van der Waals surface area contributed by atoms with E-state index in [4.69, 9.17) is 11.6 Å². The number of allylic oxidation sites excluding steroid dienone is 2. The molecule has 0 saturated carbocycles. The summed E-state index contributed by atoms with van der Waals surface area (Å²) in [6.07, 6.45) is 2.83. The monoisotopic (exact) mass is 542 g/mol. The first kappa shape index (κ1) is 23.3. The molecule has 2 aliphatic carbocycles. The van der Waals surface area contributed by atoms with Crippen LogP contribution in [0, 0.1) is 0 Å². The van der Waals surface area contributed by atoms with E-state index in [2.05, 4.69) is 121 Å². The molecule has 0 amide bonds. The van der Waals surface area contributed by atoms with Crippen LogP contribution in [0.4, 0.5) is 0 Å². The predicted octanol–water partition coefficient (Wildman–Crippen LogP) is 11.4. The number of benzene rings is 7. The molecule has 0 unspecified atom stereocenters. The van der Waals surface area contributed by atoms with Crippen LogP contribution in [-0.2, 0) is 6.42 Å². The third kappa shape index (κ3) is 3.23. The Morgan fingerprint density at radius 2 is 0.902 bits per heavy atom. The first-order valence-corrected chi connectivity index (χ1v) is 15.0. The van der Waals surface area contributed by atoms with E-state index in [1.54, 1.807) is 0 Å². The summed E-state index contributed by atoms with van der Waals surface area (Å²) in [5.41, 5.74) is 9.83. The van der Waals surface area contributed by atoms with Crippen molar-refractivity contribution in [1.29, 1.82) is 0 Å². The zero-order valence-electron chi connectivity index (χ0n) is 22.6. The van der Waals surface area contributed by atoms with Crippen molar-refractivity contribution < 1.29 is 0 Å². The van der Waals surface area contributed by atoms with Gasteiger partial charge in [0.25, 0.3) is 0 Å². The molecule has 0 saturated heterocycles. The molecule has 0 N–H and O–H groups in total. The van der Waals surface area contributed by atoms with Crippen LogP contribution in [0.1, 0.15) is 41.0 Å². The fraction of sp³-hybridized carbons (Fsp3) is 0.100. The maximum absolute atomic E-state index is 6.96. The van der Waals surface area contributed by atoms with Crippen molar-refractivity contribution in [3.8, 4) is 11.1 Å². The molecule has 9 rings (SSSR count). The molecule has 0 spiro atoms. The van der Waals surface area contributed by atoms with Crippen molar-refractivity contribution in [2.24, 2.45) is 0 Å². The standard InChI is InChI=1S/C40H27Cl/c41-36-23-24-11-1-2-12-25(24)30(36)21-22-35-37-31-17-7-3-13-26(31)28-15-5-9-19-33(28)39(37)40-34-20-10-6-16-29(34)27-14-4-8-18-32(27)38(35)40/h1-20,35H,21-23H2. The molecule has 1 heteroatoms. The largest absolute Gasteiger partial charge is 0.0885 e. The van der Waals surface area contributed by atoms with E-state index >= 15 is 0 Å². The van der Waals surface area contributed by atoms with Gasteiger partial charge < -0.3 is 0 Å². The lowest BCUT2D eigenvalue weighted by atomic mass is 9.84. The lowest BCUT2D eigenvalue weighted by Gasteiger charge is -2.20. The topological polar surface area (TPSA) is 0 Å². The number of hydrogen-bond donors (Lipinski definition) is 0. The molecule has 2 aliphatic rings. The molecular formula is C40H27Cl. The van der Waals surface area contributed by atoms with E-state index in [1.165, 1.54) is 82.0 Å². The van der Waals surface area contributed by atoms with Gasteiger partial charge in [-0.3, -0.25) is 0 Å². The van der Waals surface area contributed by atoms with E-state index in [0.29, 0.717) is 0 Å². The maximum atomic E-state index is 6.96. The Morgan fingerprint density at radius 1 is 0.488 bits per heavy atom. The Kier molecular flexibility index (Phi) is 5.01. The average Bonchev–Trinajstić information content (AvgIpc) is 3.55. The summed E-state index contributed by atoms with van der Waals surface area (Å²) < 4.78 is 0. The van der Waals surface area contributed by atoms with E-state index in [-0.39, 0.29) is 5.92 Å². The minimum absolute atomic E-state index is 0.272. The second-order valence-electron chi connectivity index (χ2n) is 11.6. The van der Waals surface area contributed by atoms with Crippen LogP contribution in [0.5, 0.6) is 0 Å². The number of hydrogen-bond acceptors (Lipinski definition) is 0. The lowest BCUT2D eigenvalue weighted by molar-refractivity contribution is 0.761. The molecule has 7 aromatic rings. The minimum Gasteiger partial charge on any atom is -0.0885 e. The molecule has 0 atom stereocenters. The van der Waals surface area contributed by atoms with E-state index in [0.717, 1.165) is 24.3 Å². The molecule has 0 radical (unpaired) electrons. The van der Waals surface area contributed by atoms with Gasteiger partial charge in [-0.15, -0.1) is 0 Å². The van der Waals surface area contributed by atoms with Crippen molar-refractivity contribution in [2.75, 3.05) is 0 Å². The molecule has 0 fully saturated rings. The summed E-state index contributed by atoms with van der Waals surface area (Å²) in [6.45, 7) is 0. The summed E-state index contributed by atoms with van der Waals surface area (Å²) in [7, 11) is 0. The van der Waals surface area contributed by atoms with E-state index in [1.807, 2.05) is 0 Å². The fourth-order valence-electron chi connectivity index (χ4n) is 7.98. The number of halogens is 1. The third-order valence-electron chi connectivity index (χ3n) is 9.59. The highest BCUT2D eigenvalue weighted by Gasteiger charge is 2.36. The zero-order chi connectivity index (χ0) is 27.1. The van der Waals surface area contributed by atoms with Crippen molar-refractivity contribution in [3.63, 3.8) is 0 Å². The van der Waals surface area contributed by atoms with E-state index in [9.17, 15) is 0 Å². The number of rotatable bonds is 3. The van der Waals surface area contributed by atoms with Crippen molar-refractivity contribution >= 4 is 60.3 Å². The van der Waals surface area contributed by atoms with Crippen LogP contribution in [0.2, 0.25) is 0 Å². The molecule has 0 nitrogen and oxygen atoms in total. The van der Waals surface area contributed by atoms with Crippen molar-refractivity contribution in [2.45, 2.75) is 25.2 Å². The van der Waals surface area contributed by atoms with Gasteiger partial charge in [0, 0.05) is 17.4 Å². The van der Waals surface area contributed by atoms with Gasteiger partial charge in [-0.05, 0) is 94.9 Å². The van der Waals surface area contributed by atoms with Crippen LogP contribution < -0.4 is 0 Å².